The third-order valence-electron chi connectivity index (χ3n) is 3.75. The van der Waals surface area contributed by atoms with E-state index in [2.05, 4.69) is 5.32 Å². The van der Waals surface area contributed by atoms with Crippen LogP contribution >= 0.6 is 11.6 Å². The molecule has 0 unspecified atom stereocenters. The number of nitrogens with zero attached hydrogens (tertiary/aromatic N) is 1. The average Bonchev–Trinajstić information content (AvgIpc) is 2.72. The van der Waals surface area contributed by atoms with Crippen molar-refractivity contribution in [2.45, 2.75) is 6.42 Å². The fraction of sp³-hybridized carbons (Fsp3) is 0.190. The first-order chi connectivity index (χ1) is 13.5. The topological polar surface area (TPSA) is 88.4 Å². The van der Waals surface area contributed by atoms with E-state index < -0.39 is 18.5 Å². The first-order valence-corrected chi connectivity index (χ1v) is 8.83. The second-order valence-corrected chi connectivity index (χ2v) is 6.18. The maximum Gasteiger partial charge on any atom is 0.349 e. The number of amides is 1. The van der Waals surface area contributed by atoms with Crippen molar-refractivity contribution >= 4 is 29.6 Å². The van der Waals surface area contributed by atoms with Gasteiger partial charge in [-0.15, -0.1) is 0 Å². The molecule has 28 heavy (non-hydrogen) atoms. The Balaban J connectivity index is 1.80. The van der Waals surface area contributed by atoms with Crippen molar-refractivity contribution in [3.05, 3.63) is 70.3 Å². The first kappa shape index (κ1) is 21.0. The van der Waals surface area contributed by atoms with Gasteiger partial charge < -0.3 is 14.8 Å². The fourth-order valence-electron chi connectivity index (χ4n) is 2.26. The summed E-state index contributed by atoms with van der Waals surface area (Å²) in [7, 11) is 1.55. The Morgan fingerprint density at radius 2 is 1.82 bits per heavy atom. The van der Waals surface area contributed by atoms with Crippen LogP contribution in [0.4, 0.5) is 0 Å². The zero-order valence-corrected chi connectivity index (χ0v) is 16.0. The summed E-state index contributed by atoms with van der Waals surface area (Å²) in [6.45, 7) is -0.0636. The highest BCUT2D eigenvalue weighted by Crippen LogP contribution is 2.14. The molecule has 7 heteroatoms. The zero-order valence-electron chi connectivity index (χ0n) is 15.3. The smallest absolute Gasteiger partial charge is 0.349 e. The fourth-order valence-corrected chi connectivity index (χ4v) is 2.39. The molecule has 6 nitrogen and oxygen atoms in total. The molecule has 0 heterocycles. The summed E-state index contributed by atoms with van der Waals surface area (Å²) in [4.78, 5) is 23.8. The van der Waals surface area contributed by atoms with Crippen LogP contribution in [-0.4, -0.2) is 32.1 Å². The number of carbonyl (C=O) groups is 2. The quantitative estimate of drug-likeness (QED) is 0.419. The zero-order chi connectivity index (χ0) is 20.4. The molecule has 0 aliphatic rings. The Morgan fingerprint density at radius 1 is 1.14 bits per heavy atom. The lowest BCUT2D eigenvalue weighted by Gasteiger charge is -2.07. The van der Waals surface area contributed by atoms with Gasteiger partial charge in [0.1, 0.15) is 17.4 Å². The van der Waals surface area contributed by atoms with Gasteiger partial charge in [0, 0.05) is 11.6 Å². The standard InChI is InChI=1S/C21H19ClN2O4/c1-27-19-8-4-16(5-9-19)12-17(13-23)21(26)28-14-20(25)24-11-10-15-2-6-18(22)7-3-15/h2-9,12H,10-11,14H2,1H3,(H,24,25)/b17-12+. The molecule has 0 atom stereocenters. The highest BCUT2D eigenvalue weighted by Gasteiger charge is 2.13. The van der Waals surface area contributed by atoms with Crippen LogP contribution in [0, 0.1) is 11.3 Å². The molecule has 0 radical (unpaired) electrons. The third kappa shape index (κ3) is 6.78. The number of carbonyl (C=O) groups excluding carboxylic acids is 2. The van der Waals surface area contributed by atoms with E-state index in [-0.39, 0.29) is 5.57 Å². The van der Waals surface area contributed by atoms with Gasteiger partial charge in [0.05, 0.1) is 7.11 Å². The molecular formula is C21H19ClN2O4. The predicted octanol–water partition coefficient (Wildman–Crippen LogP) is 3.16. The molecule has 1 amide bonds. The molecule has 2 aromatic carbocycles. The minimum atomic E-state index is -0.855. The van der Waals surface area contributed by atoms with E-state index in [1.54, 1.807) is 49.6 Å². The van der Waals surface area contributed by atoms with Crippen LogP contribution in [0.1, 0.15) is 11.1 Å². The number of hydrogen-bond donors (Lipinski definition) is 1. The van der Waals surface area contributed by atoms with Crippen LogP contribution in [0.25, 0.3) is 6.08 Å². The molecule has 0 aliphatic carbocycles. The maximum absolute atomic E-state index is 12.0. The summed E-state index contributed by atoms with van der Waals surface area (Å²) in [5, 5.41) is 12.5. The lowest BCUT2D eigenvalue weighted by Crippen LogP contribution is -2.30. The molecule has 0 spiro atoms. The molecule has 0 aromatic heterocycles. The summed E-state index contributed by atoms with van der Waals surface area (Å²) in [6.07, 6.45) is 2.01. The monoisotopic (exact) mass is 398 g/mol. The number of methoxy groups -OCH3 is 1. The number of nitrogens with one attached hydrogen (secondary N) is 1. The highest BCUT2D eigenvalue weighted by atomic mass is 35.5. The van der Waals surface area contributed by atoms with Crippen molar-refractivity contribution in [3.8, 4) is 11.8 Å². The highest BCUT2D eigenvalue weighted by molar-refractivity contribution is 6.30. The Hall–Kier alpha value is -3.30. The summed E-state index contributed by atoms with van der Waals surface area (Å²) >= 11 is 5.82. The van der Waals surface area contributed by atoms with Crippen LogP contribution in [0.2, 0.25) is 5.02 Å². The molecule has 0 aliphatic heterocycles. The van der Waals surface area contributed by atoms with Crippen molar-refractivity contribution < 1.29 is 19.1 Å². The lowest BCUT2D eigenvalue weighted by atomic mass is 10.1. The summed E-state index contributed by atoms with van der Waals surface area (Å²) in [6, 6.07) is 15.9. The van der Waals surface area contributed by atoms with Crippen LogP contribution in [0.5, 0.6) is 5.75 Å². The number of esters is 1. The van der Waals surface area contributed by atoms with Gasteiger partial charge in [-0.1, -0.05) is 35.9 Å². The van der Waals surface area contributed by atoms with Gasteiger partial charge in [-0.2, -0.15) is 5.26 Å². The maximum atomic E-state index is 12.0. The molecule has 0 fully saturated rings. The van der Waals surface area contributed by atoms with Gasteiger partial charge in [-0.05, 0) is 47.9 Å². The van der Waals surface area contributed by atoms with Crippen LogP contribution in [0.15, 0.2) is 54.1 Å². The van der Waals surface area contributed by atoms with E-state index in [1.807, 2.05) is 12.1 Å². The Kier molecular flexibility index (Phi) is 8.07. The number of hydrogen-bond acceptors (Lipinski definition) is 5. The van der Waals surface area contributed by atoms with E-state index >= 15 is 0 Å². The summed E-state index contributed by atoms with van der Waals surface area (Å²) in [5.41, 5.74) is 1.47. The molecular weight excluding hydrogens is 380 g/mol. The average molecular weight is 399 g/mol. The van der Waals surface area contributed by atoms with Crippen molar-refractivity contribution in [1.82, 2.24) is 5.32 Å². The van der Waals surface area contributed by atoms with Crippen molar-refractivity contribution in [2.24, 2.45) is 0 Å². The van der Waals surface area contributed by atoms with Gasteiger partial charge in [-0.3, -0.25) is 4.79 Å². The number of halogens is 1. The van der Waals surface area contributed by atoms with Gasteiger partial charge in [0.2, 0.25) is 0 Å². The first-order valence-electron chi connectivity index (χ1n) is 8.46. The van der Waals surface area contributed by atoms with Gasteiger partial charge >= 0.3 is 5.97 Å². The second-order valence-electron chi connectivity index (χ2n) is 5.75. The van der Waals surface area contributed by atoms with E-state index in [9.17, 15) is 9.59 Å². The van der Waals surface area contributed by atoms with Crippen molar-refractivity contribution in [3.63, 3.8) is 0 Å². The van der Waals surface area contributed by atoms with E-state index in [1.165, 1.54) is 6.08 Å². The van der Waals surface area contributed by atoms with Crippen LogP contribution in [0.3, 0.4) is 0 Å². The Bertz CT molecular complexity index is 884. The Morgan fingerprint density at radius 3 is 2.43 bits per heavy atom. The van der Waals surface area contributed by atoms with Gasteiger partial charge in [-0.25, -0.2) is 4.79 Å². The molecule has 2 aromatic rings. The summed E-state index contributed by atoms with van der Waals surface area (Å²) < 4.78 is 9.96. The molecule has 2 rings (SSSR count). The number of rotatable bonds is 8. The predicted molar refractivity (Wildman–Crippen MR) is 106 cm³/mol. The molecule has 0 saturated heterocycles. The molecule has 0 saturated carbocycles. The number of ether oxygens (including phenoxy) is 2. The molecule has 144 valence electrons. The van der Waals surface area contributed by atoms with Crippen molar-refractivity contribution in [2.75, 3.05) is 20.3 Å². The minimum absolute atomic E-state index is 0.195. The van der Waals surface area contributed by atoms with Crippen molar-refractivity contribution in [1.29, 1.82) is 5.26 Å². The molecule has 1 N–H and O–H groups in total. The number of nitriles is 1. The second kappa shape index (κ2) is 10.8. The van der Waals surface area contributed by atoms with E-state index in [0.717, 1.165) is 5.56 Å². The lowest BCUT2D eigenvalue weighted by molar-refractivity contribution is -0.144. The SMILES string of the molecule is COc1ccc(/C=C(\C#N)C(=O)OCC(=O)NCCc2ccc(Cl)cc2)cc1. The van der Waals surface area contributed by atoms with Crippen LogP contribution < -0.4 is 10.1 Å². The summed E-state index contributed by atoms with van der Waals surface area (Å²) in [5.74, 6) is -0.635. The normalized spacial score (nSPS) is 10.7. The Labute approximate surface area is 168 Å². The van der Waals surface area contributed by atoms with E-state index in [0.29, 0.717) is 29.3 Å². The third-order valence-corrected chi connectivity index (χ3v) is 4.00. The molecule has 0 bridgehead atoms. The van der Waals surface area contributed by atoms with Crippen LogP contribution in [-0.2, 0) is 20.7 Å². The minimum Gasteiger partial charge on any atom is -0.497 e. The number of benzene rings is 2. The van der Waals surface area contributed by atoms with E-state index in [4.69, 9.17) is 26.3 Å². The van der Waals surface area contributed by atoms with Gasteiger partial charge in [0.15, 0.2) is 6.61 Å². The van der Waals surface area contributed by atoms with Gasteiger partial charge in [0.25, 0.3) is 5.91 Å². The largest absolute Gasteiger partial charge is 0.497 e.